The van der Waals surface area contributed by atoms with Gasteiger partial charge in [-0.2, -0.15) is 0 Å². The molecule has 0 aliphatic heterocycles. The van der Waals surface area contributed by atoms with E-state index in [4.69, 9.17) is 4.98 Å². The molecule has 3 aromatic rings. The molecular formula is C23H29N3O3S2. The molecule has 1 amide bonds. The van der Waals surface area contributed by atoms with Crippen molar-refractivity contribution in [1.82, 2.24) is 9.88 Å². The van der Waals surface area contributed by atoms with Gasteiger partial charge in [0.05, 0.1) is 20.9 Å². The number of nitrogens with zero attached hydrogens (tertiary/aromatic N) is 3. The Morgan fingerprint density at radius 2 is 1.84 bits per heavy atom. The summed E-state index contributed by atoms with van der Waals surface area (Å²) in [6.45, 7) is 7.02. The molecule has 0 unspecified atom stereocenters. The van der Waals surface area contributed by atoms with E-state index in [2.05, 4.69) is 11.0 Å². The van der Waals surface area contributed by atoms with Crippen molar-refractivity contribution in [3.63, 3.8) is 0 Å². The number of aryl methyl sites for hydroxylation is 2. The zero-order chi connectivity index (χ0) is 22.8. The zero-order valence-corrected chi connectivity index (χ0v) is 20.3. The third kappa shape index (κ3) is 5.14. The first kappa shape index (κ1) is 23.4. The Morgan fingerprint density at radius 3 is 2.52 bits per heavy atom. The molecule has 1 aromatic heterocycles. The number of anilines is 1. The molecule has 0 saturated heterocycles. The van der Waals surface area contributed by atoms with Crippen molar-refractivity contribution in [2.24, 2.45) is 0 Å². The second kappa shape index (κ2) is 9.46. The highest BCUT2D eigenvalue weighted by molar-refractivity contribution is 7.91. The highest BCUT2D eigenvalue weighted by atomic mass is 32.2. The van der Waals surface area contributed by atoms with Crippen molar-refractivity contribution in [2.45, 2.75) is 32.1 Å². The molecule has 1 heterocycles. The number of rotatable bonds is 8. The third-order valence-electron chi connectivity index (χ3n) is 5.36. The third-order valence-corrected chi connectivity index (χ3v) is 8.13. The largest absolute Gasteiger partial charge is 0.309 e. The molecule has 8 heteroatoms. The average molecular weight is 460 g/mol. The number of sulfone groups is 1. The molecule has 0 atom stereocenters. The summed E-state index contributed by atoms with van der Waals surface area (Å²) < 4.78 is 25.7. The van der Waals surface area contributed by atoms with Gasteiger partial charge in [-0.3, -0.25) is 9.69 Å². The molecular weight excluding hydrogens is 430 g/mol. The first-order chi connectivity index (χ1) is 14.6. The molecule has 0 saturated carbocycles. The predicted molar refractivity (Wildman–Crippen MR) is 128 cm³/mol. The van der Waals surface area contributed by atoms with E-state index in [1.54, 1.807) is 24.0 Å². The standard InChI is InChI=1S/C23H29N3O3S2/c1-6-31(28,29)19-10-7-9-18(15-19)22(27)26(14-8-13-25(4)5)23-24-21-17(3)16(2)11-12-20(21)30-23/h7,9-12,15H,6,8,13-14H2,1-5H3. The highest BCUT2D eigenvalue weighted by Crippen LogP contribution is 2.33. The van der Waals surface area contributed by atoms with Crippen molar-refractivity contribution >= 4 is 42.4 Å². The number of carbonyl (C=O) groups excluding carboxylic acids is 1. The Kier molecular flexibility index (Phi) is 7.13. The predicted octanol–water partition coefficient (Wildman–Crippen LogP) is 4.31. The van der Waals surface area contributed by atoms with Crippen LogP contribution in [0, 0.1) is 13.8 Å². The van der Waals surface area contributed by atoms with E-state index in [9.17, 15) is 13.2 Å². The maximum absolute atomic E-state index is 13.5. The summed E-state index contributed by atoms with van der Waals surface area (Å²) in [6, 6.07) is 10.4. The van der Waals surface area contributed by atoms with Gasteiger partial charge in [-0.1, -0.05) is 30.4 Å². The summed E-state index contributed by atoms with van der Waals surface area (Å²) in [4.78, 5) is 22.2. The molecule has 0 radical (unpaired) electrons. The minimum absolute atomic E-state index is 0.00626. The van der Waals surface area contributed by atoms with Crippen LogP contribution in [0.1, 0.15) is 34.8 Å². The molecule has 0 N–H and O–H groups in total. The Hall–Kier alpha value is -2.29. The Balaban J connectivity index is 2.02. The van der Waals surface area contributed by atoms with E-state index < -0.39 is 9.84 Å². The summed E-state index contributed by atoms with van der Waals surface area (Å²) in [7, 11) is 0.596. The summed E-state index contributed by atoms with van der Waals surface area (Å²) in [5.74, 6) is -0.242. The van der Waals surface area contributed by atoms with Gasteiger partial charge in [0.2, 0.25) is 0 Å². The molecule has 166 valence electrons. The van der Waals surface area contributed by atoms with E-state index in [-0.39, 0.29) is 16.6 Å². The smallest absolute Gasteiger partial charge is 0.260 e. The zero-order valence-electron chi connectivity index (χ0n) is 18.7. The summed E-state index contributed by atoms with van der Waals surface area (Å²) in [5, 5.41) is 0.635. The minimum Gasteiger partial charge on any atom is -0.309 e. The number of hydrogen-bond donors (Lipinski definition) is 0. The van der Waals surface area contributed by atoms with Gasteiger partial charge in [-0.05, 0) is 76.3 Å². The number of fused-ring (bicyclic) bond motifs is 1. The number of amides is 1. The molecule has 0 aliphatic rings. The van der Waals surface area contributed by atoms with E-state index in [1.165, 1.54) is 23.5 Å². The van der Waals surface area contributed by atoms with Crippen molar-refractivity contribution in [3.05, 3.63) is 53.1 Å². The lowest BCUT2D eigenvalue weighted by Gasteiger charge is -2.21. The topological polar surface area (TPSA) is 70.6 Å². The average Bonchev–Trinajstić information content (AvgIpc) is 3.18. The van der Waals surface area contributed by atoms with Crippen LogP contribution in [-0.2, 0) is 9.84 Å². The lowest BCUT2D eigenvalue weighted by molar-refractivity contribution is 0.0986. The quantitative estimate of drug-likeness (QED) is 0.502. The van der Waals surface area contributed by atoms with Gasteiger partial charge < -0.3 is 4.90 Å². The molecule has 0 spiro atoms. The van der Waals surface area contributed by atoms with Crippen molar-refractivity contribution in [3.8, 4) is 0 Å². The van der Waals surface area contributed by atoms with Crippen LogP contribution < -0.4 is 4.90 Å². The summed E-state index contributed by atoms with van der Waals surface area (Å²) in [5.41, 5.74) is 3.53. The Labute approximate surface area is 188 Å². The maximum atomic E-state index is 13.5. The van der Waals surface area contributed by atoms with Gasteiger partial charge in [0.1, 0.15) is 0 Å². The van der Waals surface area contributed by atoms with Gasteiger partial charge in [-0.15, -0.1) is 0 Å². The van der Waals surface area contributed by atoms with Crippen LogP contribution in [0.5, 0.6) is 0 Å². The number of benzene rings is 2. The fourth-order valence-corrected chi connectivity index (χ4v) is 5.28. The molecule has 2 aromatic carbocycles. The number of carbonyl (C=O) groups is 1. The molecule has 3 rings (SSSR count). The van der Waals surface area contributed by atoms with Gasteiger partial charge >= 0.3 is 0 Å². The van der Waals surface area contributed by atoms with Crippen molar-refractivity contribution in [2.75, 3.05) is 37.8 Å². The van der Waals surface area contributed by atoms with Gasteiger partial charge in [0.15, 0.2) is 15.0 Å². The summed E-state index contributed by atoms with van der Waals surface area (Å²) in [6.07, 6.45) is 0.777. The van der Waals surface area contributed by atoms with E-state index in [0.29, 0.717) is 17.2 Å². The normalized spacial score (nSPS) is 11.9. The molecule has 0 aliphatic carbocycles. The van der Waals surface area contributed by atoms with Crippen LogP contribution in [-0.4, -0.2) is 57.1 Å². The van der Waals surface area contributed by atoms with Gasteiger partial charge in [0, 0.05) is 12.1 Å². The van der Waals surface area contributed by atoms with Gasteiger partial charge in [0.25, 0.3) is 5.91 Å². The highest BCUT2D eigenvalue weighted by Gasteiger charge is 2.23. The van der Waals surface area contributed by atoms with Crippen LogP contribution in [0.15, 0.2) is 41.3 Å². The molecule has 0 fully saturated rings. The molecule has 6 nitrogen and oxygen atoms in total. The van der Waals surface area contributed by atoms with E-state index in [1.807, 2.05) is 34.0 Å². The maximum Gasteiger partial charge on any atom is 0.260 e. The fourth-order valence-electron chi connectivity index (χ4n) is 3.30. The molecule has 31 heavy (non-hydrogen) atoms. The second-order valence-corrected chi connectivity index (χ2v) is 11.2. The Bertz CT molecular complexity index is 1200. The van der Waals surface area contributed by atoms with Crippen LogP contribution in [0.25, 0.3) is 10.2 Å². The van der Waals surface area contributed by atoms with Crippen molar-refractivity contribution < 1.29 is 13.2 Å². The number of thiazole rings is 1. The SMILES string of the molecule is CCS(=O)(=O)c1cccc(C(=O)N(CCCN(C)C)c2nc3c(C)c(C)ccc3s2)c1. The second-order valence-electron chi connectivity index (χ2n) is 7.90. The lowest BCUT2D eigenvalue weighted by Crippen LogP contribution is -2.33. The number of aromatic nitrogens is 1. The molecule has 0 bridgehead atoms. The Morgan fingerprint density at radius 1 is 1.10 bits per heavy atom. The fraction of sp³-hybridized carbons (Fsp3) is 0.391. The van der Waals surface area contributed by atoms with E-state index in [0.717, 1.165) is 34.3 Å². The number of hydrogen-bond acceptors (Lipinski definition) is 6. The first-order valence-electron chi connectivity index (χ1n) is 10.3. The van der Waals surface area contributed by atoms with Gasteiger partial charge in [-0.25, -0.2) is 13.4 Å². The lowest BCUT2D eigenvalue weighted by atomic mass is 10.1. The van der Waals surface area contributed by atoms with Crippen molar-refractivity contribution in [1.29, 1.82) is 0 Å². The minimum atomic E-state index is -3.39. The van der Waals surface area contributed by atoms with Crippen LogP contribution in [0.4, 0.5) is 5.13 Å². The van der Waals surface area contributed by atoms with Crippen LogP contribution >= 0.6 is 11.3 Å². The van der Waals surface area contributed by atoms with Crippen LogP contribution in [0.2, 0.25) is 0 Å². The monoisotopic (exact) mass is 459 g/mol. The van der Waals surface area contributed by atoms with Crippen LogP contribution in [0.3, 0.4) is 0 Å². The van der Waals surface area contributed by atoms with E-state index >= 15 is 0 Å². The first-order valence-corrected chi connectivity index (χ1v) is 12.8. The summed E-state index contributed by atoms with van der Waals surface area (Å²) >= 11 is 1.49.